The van der Waals surface area contributed by atoms with Gasteiger partial charge in [0.2, 0.25) is 5.91 Å². The van der Waals surface area contributed by atoms with Crippen LogP contribution in [0.3, 0.4) is 0 Å². The van der Waals surface area contributed by atoms with Crippen LogP contribution in [0.4, 0.5) is 5.69 Å². The first kappa shape index (κ1) is 12.7. The highest BCUT2D eigenvalue weighted by molar-refractivity contribution is 6.17. The Morgan fingerprint density at radius 3 is 2.94 bits per heavy atom. The van der Waals surface area contributed by atoms with Crippen molar-refractivity contribution in [2.24, 2.45) is 0 Å². The molecule has 0 radical (unpaired) electrons. The van der Waals surface area contributed by atoms with Crippen LogP contribution in [-0.4, -0.2) is 10.9 Å². The number of aromatic nitrogens is 1. The molecule has 16 heavy (non-hydrogen) atoms. The second kappa shape index (κ2) is 6.28. The van der Waals surface area contributed by atoms with E-state index in [-0.39, 0.29) is 11.8 Å². The van der Waals surface area contributed by atoms with Gasteiger partial charge in [-0.3, -0.25) is 9.78 Å². The molecule has 0 fully saturated rings. The molecule has 0 aliphatic carbocycles. The maximum absolute atomic E-state index is 11.3. The Bertz CT molecular complexity index is 391. The number of rotatable bonds is 5. The van der Waals surface area contributed by atoms with Crippen LogP contribution < -0.4 is 5.32 Å². The number of nitrogens with zero attached hydrogens (tertiary/aromatic N) is 1. The van der Waals surface area contributed by atoms with Gasteiger partial charge in [-0.15, -0.1) is 18.2 Å². The summed E-state index contributed by atoms with van der Waals surface area (Å²) < 4.78 is 0. The molecule has 0 aromatic carbocycles. The number of anilines is 1. The summed E-state index contributed by atoms with van der Waals surface area (Å²) in [5.74, 6) is 0.245. The highest BCUT2D eigenvalue weighted by Gasteiger charge is 2.06. The van der Waals surface area contributed by atoms with Gasteiger partial charge in [0, 0.05) is 18.5 Å². The molecule has 1 heterocycles. The SMILES string of the molecule is C=CCc1ccc(NC(=O)CC)c(CCl)n1. The summed E-state index contributed by atoms with van der Waals surface area (Å²) in [6, 6.07) is 3.69. The van der Waals surface area contributed by atoms with E-state index in [1.54, 1.807) is 13.0 Å². The number of halogens is 1. The summed E-state index contributed by atoms with van der Waals surface area (Å²) in [4.78, 5) is 15.6. The third-order valence-electron chi connectivity index (χ3n) is 2.11. The van der Waals surface area contributed by atoms with Crippen molar-refractivity contribution in [3.63, 3.8) is 0 Å². The molecular formula is C12H15ClN2O. The molecule has 1 aromatic rings. The van der Waals surface area contributed by atoms with Crippen molar-refractivity contribution in [3.8, 4) is 0 Å². The zero-order valence-electron chi connectivity index (χ0n) is 9.29. The van der Waals surface area contributed by atoms with Crippen molar-refractivity contribution in [2.45, 2.75) is 25.6 Å². The predicted molar refractivity (Wildman–Crippen MR) is 66.6 cm³/mol. The fourth-order valence-corrected chi connectivity index (χ4v) is 1.47. The van der Waals surface area contributed by atoms with Crippen molar-refractivity contribution < 1.29 is 4.79 Å². The number of nitrogens with one attached hydrogen (secondary N) is 1. The van der Waals surface area contributed by atoms with E-state index in [0.717, 1.165) is 5.69 Å². The Labute approximate surface area is 101 Å². The van der Waals surface area contributed by atoms with E-state index >= 15 is 0 Å². The van der Waals surface area contributed by atoms with Gasteiger partial charge >= 0.3 is 0 Å². The minimum Gasteiger partial charge on any atom is -0.324 e. The summed E-state index contributed by atoms with van der Waals surface area (Å²) >= 11 is 5.79. The van der Waals surface area contributed by atoms with Crippen molar-refractivity contribution >= 4 is 23.2 Å². The second-order valence-electron chi connectivity index (χ2n) is 3.33. The van der Waals surface area contributed by atoms with Crippen LogP contribution in [0.1, 0.15) is 24.7 Å². The molecule has 4 heteroatoms. The van der Waals surface area contributed by atoms with Crippen molar-refractivity contribution in [3.05, 3.63) is 36.2 Å². The smallest absolute Gasteiger partial charge is 0.224 e. The molecule has 3 nitrogen and oxygen atoms in total. The Hall–Kier alpha value is -1.35. The highest BCUT2D eigenvalue weighted by Crippen LogP contribution is 2.17. The third-order valence-corrected chi connectivity index (χ3v) is 2.36. The molecular weight excluding hydrogens is 224 g/mol. The van der Waals surface area contributed by atoms with Gasteiger partial charge in [-0.05, 0) is 12.1 Å². The van der Waals surface area contributed by atoms with Gasteiger partial charge in [0.15, 0.2) is 0 Å². The average molecular weight is 239 g/mol. The topological polar surface area (TPSA) is 42.0 Å². The van der Waals surface area contributed by atoms with E-state index in [2.05, 4.69) is 16.9 Å². The summed E-state index contributed by atoms with van der Waals surface area (Å²) in [5.41, 5.74) is 2.29. The number of hydrogen-bond donors (Lipinski definition) is 1. The van der Waals surface area contributed by atoms with E-state index in [9.17, 15) is 4.79 Å². The van der Waals surface area contributed by atoms with E-state index in [4.69, 9.17) is 11.6 Å². The highest BCUT2D eigenvalue weighted by atomic mass is 35.5. The molecule has 1 rings (SSSR count). The number of carbonyl (C=O) groups is 1. The van der Waals surface area contributed by atoms with Crippen LogP contribution in [0.15, 0.2) is 24.8 Å². The number of carbonyl (C=O) groups excluding carboxylic acids is 1. The standard InChI is InChI=1S/C12H15ClN2O/c1-3-5-9-6-7-10(11(8-13)14-9)15-12(16)4-2/h3,6-7H,1,4-5,8H2,2H3,(H,15,16). The van der Waals surface area contributed by atoms with Gasteiger partial charge in [-0.1, -0.05) is 13.0 Å². The van der Waals surface area contributed by atoms with E-state index in [0.29, 0.717) is 24.2 Å². The van der Waals surface area contributed by atoms with Crippen molar-refractivity contribution in [2.75, 3.05) is 5.32 Å². The van der Waals surface area contributed by atoms with Crippen LogP contribution in [-0.2, 0) is 17.1 Å². The van der Waals surface area contributed by atoms with Gasteiger partial charge in [-0.25, -0.2) is 0 Å². The second-order valence-corrected chi connectivity index (χ2v) is 3.59. The molecule has 0 saturated carbocycles. The molecule has 1 N–H and O–H groups in total. The van der Waals surface area contributed by atoms with Gasteiger partial charge < -0.3 is 5.32 Å². The first-order valence-electron chi connectivity index (χ1n) is 5.16. The lowest BCUT2D eigenvalue weighted by Crippen LogP contribution is -2.12. The van der Waals surface area contributed by atoms with Crippen LogP contribution in [0.2, 0.25) is 0 Å². The van der Waals surface area contributed by atoms with Gasteiger partial charge in [-0.2, -0.15) is 0 Å². The molecule has 1 aromatic heterocycles. The molecule has 0 saturated heterocycles. The van der Waals surface area contributed by atoms with Crippen LogP contribution in [0.5, 0.6) is 0 Å². The number of amides is 1. The third kappa shape index (κ3) is 3.35. The van der Waals surface area contributed by atoms with Crippen molar-refractivity contribution in [1.82, 2.24) is 4.98 Å². The van der Waals surface area contributed by atoms with Gasteiger partial charge in [0.1, 0.15) is 0 Å². The zero-order valence-corrected chi connectivity index (χ0v) is 10.0. The lowest BCUT2D eigenvalue weighted by atomic mass is 10.2. The normalized spacial score (nSPS) is 9.88. The monoisotopic (exact) mass is 238 g/mol. The number of allylic oxidation sites excluding steroid dienone is 1. The zero-order chi connectivity index (χ0) is 12.0. The summed E-state index contributed by atoms with van der Waals surface area (Å²) in [6.45, 7) is 5.45. The van der Waals surface area contributed by atoms with Crippen LogP contribution in [0, 0.1) is 0 Å². The van der Waals surface area contributed by atoms with Crippen molar-refractivity contribution in [1.29, 1.82) is 0 Å². The van der Waals surface area contributed by atoms with Crippen LogP contribution >= 0.6 is 11.6 Å². The number of pyridine rings is 1. The molecule has 1 amide bonds. The Kier molecular flexibility index (Phi) is 4.99. The summed E-state index contributed by atoms with van der Waals surface area (Å²) in [5, 5.41) is 2.77. The molecule has 0 unspecified atom stereocenters. The molecule has 0 bridgehead atoms. The maximum Gasteiger partial charge on any atom is 0.224 e. The molecule has 0 atom stereocenters. The Morgan fingerprint density at radius 1 is 1.62 bits per heavy atom. The van der Waals surface area contributed by atoms with Gasteiger partial charge in [0.05, 0.1) is 17.3 Å². The van der Waals surface area contributed by atoms with Crippen LogP contribution in [0.25, 0.3) is 0 Å². The van der Waals surface area contributed by atoms with E-state index < -0.39 is 0 Å². The quantitative estimate of drug-likeness (QED) is 0.633. The number of alkyl halides is 1. The Morgan fingerprint density at radius 2 is 2.38 bits per heavy atom. The minimum absolute atomic E-state index is 0.0374. The van der Waals surface area contributed by atoms with Gasteiger partial charge in [0.25, 0.3) is 0 Å². The minimum atomic E-state index is -0.0374. The lowest BCUT2D eigenvalue weighted by Gasteiger charge is -2.09. The first-order chi connectivity index (χ1) is 7.71. The molecule has 0 aliphatic heterocycles. The molecule has 0 aliphatic rings. The van der Waals surface area contributed by atoms with E-state index in [1.165, 1.54) is 0 Å². The lowest BCUT2D eigenvalue weighted by molar-refractivity contribution is -0.115. The predicted octanol–water partition coefficient (Wildman–Crippen LogP) is 2.90. The summed E-state index contributed by atoms with van der Waals surface area (Å²) in [6.07, 6.45) is 2.92. The maximum atomic E-state index is 11.3. The summed E-state index contributed by atoms with van der Waals surface area (Å²) in [7, 11) is 0. The number of hydrogen-bond acceptors (Lipinski definition) is 2. The Balaban J connectivity index is 2.92. The average Bonchev–Trinajstić information content (AvgIpc) is 2.31. The van der Waals surface area contributed by atoms with E-state index in [1.807, 2.05) is 12.1 Å². The molecule has 0 spiro atoms. The fourth-order valence-electron chi connectivity index (χ4n) is 1.26. The first-order valence-corrected chi connectivity index (χ1v) is 5.70. The largest absolute Gasteiger partial charge is 0.324 e. The fraction of sp³-hybridized carbons (Fsp3) is 0.333. The molecule has 86 valence electrons.